The quantitative estimate of drug-likeness (QED) is 0.872. The number of ether oxygens (including phenoxy) is 1. The number of rotatable bonds is 3. The number of aromatic amines is 1. The molecule has 0 spiro atoms. The van der Waals surface area contributed by atoms with Crippen LogP contribution in [0.25, 0.3) is 0 Å². The summed E-state index contributed by atoms with van der Waals surface area (Å²) >= 11 is 1.27. The number of nitrogens with zero attached hydrogens (tertiary/aromatic N) is 3. The lowest BCUT2D eigenvalue weighted by molar-refractivity contribution is -0.00447. The van der Waals surface area contributed by atoms with E-state index in [1.165, 1.54) is 17.5 Å². The van der Waals surface area contributed by atoms with Gasteiger partial charge >= 0.3 is 0 Å². The van der Waals surface area contributed by atoms with Crippen molar-refractivity contribution < 1.29 is 17.9 Å². The van der Waals surface area contributed by atoms with Gasteiger partial charge in [-0.25, -0.2) is 13.4 Å². The fourth-order valence-electron chi connectivity index (χ4n) is 2.54. The summed E-state index contributed by atoms with van der Waals surface area (Å²) in [5.41, 5.74) is 2.66. The zero-order valence-corrected chi connectivity index (χ0v) is 14.3. The van der Waals surface area contributed by atoms with Crippen molar-refractivity contribution in [3.05, 3.63) is 28.0 Å². The number of hydrogen-bond donors (Lipinski definition) is 1. The number of sulfone groups is 1. The van der Waals surface area contributed by atoms with Gasteiger partial charge < -0.3 is 9.64 Å². The second-order valence-electron chi connectivity index (χ2n) is 5.28. The Morgan fingerprint density at radius 3 is 2.96 bits per heavy atom. The van der Waals surface area contributed by atoms with Gasteiger partial charge in [0.1, 0.15) is 9.77 Å². The molecule has 0 bridgehead atoms. The van der Waals surface area contributed by atoms with Gasteiger partial charge in [-0.2, -0.15) is 5.10 Å². The number of carbonyl (C=O) groups is 1. The summed E-state index contributed by atoms with van der Waals surface area (Å²) in [6.45, 7) is 2.77. The molecule has 1 fully saturated rings. The summed E-state index contributed by atoms with van der Waals surface area (Å²) in [6, 6.07) is -0.523. The maximum atomic E-state index is 12.8. The zero-order chi connectivity index (χ0) is 16.6. The van der Waals surface area contributed by atoms with Crippen molar-refractivity contribution in [2.24, 2.45) is 0 Å². The average molecular weight is 356 g/mol. The van der Waals surface area contributed by atoms with Crippen LogP contribution in [0.15, 0.2) is 16.6 Å². The number of hydrogen-bond acceptors (Lipinski definition) is 7. The third-order valence-electron chi connectivity index (χ3n) is 3.69. The molecular formula is C13H16N4O4S2. The fraction of sp³-hybridized carbons (Fsp3) is 0.462. The molecule has 23 heavy (non-hydrogen) atoms. The van der Waals surface area contributed by atoms with Crippen LogP contribution in [-0.2, 0) is 14.6 Å². The zero-order valence-electron chi connectivity index (χ0n) is 12.6. The molecule has 0 radical (unpaired) electrons. The maximum absolute atomic E-state index is 12.8. The number of amides is 1. The van der Waals surface area contributed by atoms with Crippen molar-refractivity contribution in [3.63, 3.8) is 0 Å². The van der Waals surface area contributed by atoms with Crippen LogP contribution in [0.4, 0.5) is 0 Å². The first-order valence-electron chi connectivity index (χ1n) is 6.91. The smallest absolute Gasteiger partial charge is 0.266 e. The van der Waals surface area contributed by atoms with Gasteiger partial charge in [-0.1, -0.05) is 0 Å². The molecule has 1 aliphatic rings. The Labute approximate surface area is 137 Å². The summed E-state index contributed by atoms with van der Waals surface area (Å²) in [6.07, 6.45) is 2.38. The van der Waals surface area contributed by atoms with Crippen LogP contribution in [0.3, 0.4) is 0 Å². The van der Waals surface area contributed by atoms with E-state index in [1.54, 1.807) is 17.3 Å². The van der Waals surface area contributed by atoms with Crippen molar-refractivity contribution in [1.29, 1.82) is 0 Å². The Morgan fingerprint density at radius 2 is 2.30 bits per heavy atom. The van der Waals surface area contributed by atoms with Gasteiger partial charge in [0.15, 0.2) is 9.84 Å². The van der Waals surface area contributed by atoms with E-state index >= 15 is 0 Å². The average Bonchev–Trinajstić information content (AvgIpc) is 3.14. The number of thiazole rings is 1. The van der Waals surface area contributed by atoms with Gasteiger partial charge in [-0.15, -0.1) is 11.3 Å². The molecule has 0 saturated carbocycles. The van der Waals surface area contributed by atoms with E-state index in [4.69, 9.17) is 4.74 Å². The van der Waals surface area contributed by atoms with Crippen molar-refractivity contribution in [1.82, 2.24) is 20.1 Å². The Morgan fingerprint density at radius 1 is 1.52 bits per heavy atom. The topological polar surface area (TPSA) is 105 Å². The lowest BCUT2D eigenvalue weighted by Crippen LogP contribution is -2.44. The van der Waals surface area contributed by atoms with Crippen LogP contribution in [-0.4, -0.2) is 60.4 Å². The molecule has 2 aromatic heterocycles. The second kappa shape index (κ2) is 6.02. The van der Waals surface area contributed by atoms with Crippen molar-refractivity contribution >= 4 is 27.1 Å². The van der Waals surface area contributed by atoms with E-state index in [-0.39, 0.29) is 17.4 Å². The molecule has 2 aromatic rings. The minimum Gasteiger partial charge on any atom is -0.377 e. The normalized spacial score (nSPS) is 19.0. The van der Waals surface area contributed by atoms with Crippen LogP contribution in [0.5, 0.6) is 0 Å². The first-order chi connectivity index (χ1) is 10.9. The highest BCUT2D eigenvalue weighted by Gasteiger charge is 2.34. The fourth-order valence-corrected chi connectivity index (χ4v) is 4.13. The summed E-state index contributed by atoms with van der Waals surface area (Å²) in [5, 5.41) is 6.54. The van der Waals surface area contributed by atoms with Crippen LogP contribution in [0.1, 0.15) is 27.1 Å². The van der Waals surface area contributed by atoms with Gasteiger partial charge in [-0.3, -0.25) is 9.89 Å². The molecule has 0 aliphatic carbocycles. The number of aromatic nitrogens is 3. The number of nitrogens with one attached hydrogen (secondary N) is 1. The lowest BCUT2D eigenvalue weighted by Gasteiger charge is -2.35. The SMILES string of the molecule is Cc1ncsc1C(=O)N1CCOC[C@H]1c1[nH]ncc1S(C)(=O)=O. The third-order valence-corrected chi connectivity index (χ3v) is 5.73. The predicted molar refractivity (Wildman–Crippen MR) is 83.1 cm³/mol. The number of morpholine rings is 1. The Balaban J connectivity index is 1.99. The Bertz CT molecular complexity index is 827. The first kappa shape index (κ1) is 16.1. The van der Waals surface area contributed by atoms with Crippen LogP contribution < -0.4 is 0 Å². The van der Waals surface area contributed by atoms with Gasteiger partial charge in [0.05, 0.1) is 42.4 Å². The standard InChI is InChI=1S/C13H16N4O4S2/c1-8-12(22-7-14-8)13(18)17-3-4-21-6-9(17)11-10(5-15-16-11)23(2,19)20/h5,7,9H,3-4,6H2,1-2H3,(H,15,16)/t9-/m0/s1. The van der Waals surface area contributed by atoms with Crippen LogP contribution >= 0.6 is 11.3 Å². The Kier molecular flexibility index (Phi) is 4.21. The molecule has 1 N–H and O–H groups in total. The van der Waals surface area contributed by atoms with Crippen LogP contribution in [0.2, 0.25) is 0 Å². The molecule has 3 heterocycles. The van der Waals surface area contributed by atoms with E-state index in [0.717, 1.165) is 6.26 Å². The monoisotopic (exact) mass is 356 g/mol. The highest BCUT2D eigenvalue weighted by atomic mass is 32.2. The molecule has 0 unspecified atom stereocenters. The van der Waals surface area contributed by atoms with Gasteiger partial charge in [0, 0.05) is 12.8 Å². The first-order valence-corrected chi connectivity index (χ1v) is 9.69. The molecule has 1 aliphatic heterocycles. The Hall–Kier alpha value is -1.78. The predicted octanol–water partition coefficient (Wildman–Crippen LogP) is 0.792. The molecule has 3 rings (SSSR count). The number of aryl methyl sites for hydroxylation is 1. The molecule has 1 amide bonds. The summed E-state index contributed by atoms with van der Waals surface area (Å²) in [4.78, 5) is 19.2. The number of H-pyrrole nitrogens is 1. The highest BCUT2D eigenvalue weighted by Crippen LogP contribution is 2.30. The molecule has 1 saturated heterocycles. The van der Waals surface area contributed by atoms with Gasteiger partial charge in [0.2, 0.25) is 0 Å². The van der Waals surface area contributed by atoms with Gasteiger partial charge in [0.25, 0.3) is 5.91 Å². The summed E-state index contributed by atoms with van der Waals surface area (Å²) in [5.74, 6) is -0.174. The van der Waals surface area contributed by atoms with E-state index in [9.17, 15) is 13.2 Å². The lowest BCUT2D eigenvalue weighted by atomic mass is 10.1. The van der Waals surface area contributed by atoms with Crippen LogP contribution in [0, 0.1) is 6.92 Å². The minimum absolute atomic E-state index is 0.0897. The summed E-state index contributed by atoms with van der Waals surface area (Å²) in [7, 11) is -3.45. The van der Waals surface area contributed by atoms with E-state index in [2.05, 4.69) is 15.2 Å². The molecular weight excluding hydrogens is 340 g/mol. The van der Waals surface area contributed by atoms with Crippen molar-refractivity contribution in [3.8, 4) is 0 Å². The number of carbonyl (C=O) groups excluding carboxylic acids is 1. The van der Waals surface area contributed by atoms with Crippen molar-refractivity contribution in [2.45, 2.75) is 17.9 Å². The molecule has 1 atom stereocenters. The van der Waals surface area contributed by atoms with E-state index < -0.39 is 15.9 Å². The maximum Gasteiger partial charge on any atom is 0.266 e. The van der Waals surface area contributed by atoms with Gasteiger partial charge in [-0.05, 0) is 6.92 Å². The third kappa shape index (κ3) is 3.01. The molecule has 8 nitrogen and oxygen atoms in total. The van der Waals surface area contributed by atoms with E-state index in [1.807, 2.05) is 0 Å². The molecule has 10 heteroatoms. The largest absolute Gasteiger partial charge is 0.377 e. The van der Waals surface area contributed by atoms with E-state index in [0.29, 0.717) is 29.4 Å². The highest BCUT2D eigenvalue weighted by molar-refractivity contribution is 7.90. The second-order valence-corrected chi connectivity index (χ2v) is 8.12. The summed E-state index contributed by atoms with van der Waals surface area (Å²) < 4.78 is 29.3. The molecule has 0 aromatic carbocycles. The van der Waals surface area contributed by atoms with Crippen molar-refractivity contribution in [2.75, 3.05) is 26.0 Å². The molecule has 124 valence electrons. The minimum atomic E-state index is -3.45.